The summed E-state index contributed by atoms with van der Waals surface area (Å²) in [4.78, 5) is 0. The molecular weight excluding hydrogens is 289 g/mol. The van der Waals surface area contributed by atoms with Crippen molar-refractivity contribution in [2.45, 2.75) is 18.9 Å². The van der Waals surface area contributed by atoms with Crippen LogP contribution in [0.1, 0.15) is 5.56 Å². The molecule has 0 radical (unpaired) electrons. The van der Waals surface area contributed by atoms with Crippen molar-refractivity contribution in [2.24, 2.45) is 0 Å². The van der Waals surface area contributed by atoms with Crippen molar-refractivity contribution in [1.29, 1.82) is 0 Å². The minimum absolute atomic E-state index is 0.322. The number of nitrogens with one attached hydrogen (secondary N) is 1. The maximum atomic E-state index is 12.5. The second kappa shape index (κ2) is 6.71. The standard InChI is InChI=1S/C11H12F5NO3/c12-10(13)20-9-2-1-6(11(14,15)16)3-8(9)17-4-7(19)5-18/h1-3,7,10,17-19H,4-5H2. The first kappa shape index (κ1) is 16.4. The minimum Gasteiger partial charge on any atom is -0.433 e. The van der Waals surface area contributed by atoms with Crippen molar-refractivity contribution in [3.05, 3.63) is 23.8 Å². The summed E-state index contributed by atoms with van der Waals surface area (Å²) in [5.74, 6) is -0.488. The highest BCUT2D eigenvalue weighted by Crippen LogP contribution is 2.35. The molecule has 9 heteroatoms. The van der Waals surface area contributed by atoms with Gasteiger partial charge in [-0.25, -0.2) is 0 Å². The molecule has 0 spiro atoms. The lowest BCUT2D eigenvalue weighted by molar-refractivity contribution is -0.137. The van der Waals surface area contributed by atoms with Gasteiger partial charge in [-0.05, 0) is 18.2 Å². The van der Waals surface area contributed by atoms with Crippen LogP contribution in [0.5, 0.6) is 5.75 Å². The molecule has 114 valence electrons. The number of anilines is 1. The molecule has 0 saturated carbocycles. The van der Waals surface area contributed by atoms with Crippen LogP contribution in [0.2, 0.25) is 0 Å². The van der Waals surface area contributed by atoms with Crippen LogP contribution < -0.4 is 10.1 Å². The molecule has 4 nitrogen and oxygen atoms in total. The van der Waals surface area contributed by atoms with Crippen molar-refractivity contribution in [3.63, 3.8) is 0 Å². The van der Waals surface area contributed by atoms with Crippen LogP contribution in [0, 0.1) is 0 Å². The molecule has 0 aliphatic heterocycles. The van der Waals surface area contributed by atoms with Crippen LogP contribution in [-0.2, 0) is 6.18 Å². The summed E-state index contributed by atoms with van der Waals surface area (Å²) in [6.07, 6.45) is -5.89. The molecule has 0 heterocycles. The van der Waals surface area contributed by atoms with Crippen molar-refractivity contribution >= 4 is 5.69 Å². The quantitative estimate of drug-likeness (QED) is 0.704. The van der Waals surface area contributed by atoms with Gasteiger partial charge in [0.05, 0.1) is 24.0 Å². The fraction of sp³-hybridized carbons (Fsp3) is 0.455. The van der Waals surface area contributed by atoms with Crippen LogP contribution in [0.4, 0.5) is 27.6 Å². The number of benzene rings is 1. The van der Waals surface area contributed by atoms with E-state index < -0.39 is 36.8 Å². The Labute approximate surface area is 110 Å². The SMILES string of the molecule is OCC(O)CNc1cc(C(F)(F)F)ccc1OC(F)F. The fourth-order valence-corrected chi connectivity index (χ4v) is 1.34. The molecule has 0 aromatic heterocycles. The topological polar surface area (TPSA) is 61.7 Å². The minimum atomic E-state index is -4.64. The number of halogens is 5. The van der Waals surface area contributed by atoms with Gasteiger partial charge in [-0.3, -0.25) is 0 Å². The molecule has 0 aliphatic rings. The summed E-state index contributed by atoms with van der Waals surface area (Å²) in [6.45, 7) is -4.15. The second-order valence-electron chi connectivity index (χ2n) is 3.80. The van der Waals surface area contributed by atoms with Gasteiger partial charge in [0.1, 0.15) is 5.75 Å². The Morgan fingerprint density at radius 2 is 1.90 bits per heavy atom. The summed E-state index contributed by atoms with van der Waals surface area (Å²) in [6, 6.07) is 1.94. The number of alkyl halides is 5. The molecule has 0 bridgehead atoms. The number of hydrogen-bond donors (Lipinski definition) is 3. The fourth-order valence-electron chi connectivity index (χ4n) is 1.34. The van der Waals surface area contributed by atoms with Crippen molar-refractivity contribution < 1.29 is 36.9 Å². The summed E-state index contributed by atoms with van der Waals surface area (Å²) in [5.41, 5.74) is -1.41. The van der Waals surface area contributed by atoms with E-state index in [0.717, 1.165) is 6.07 Å². The van der Waals surface area contributed by atoms with Crippen molar-refractivity contribution in [2.75, 3.05) is 18.5 Å². The van der Waals surface area contributed by atoms with Crippen LogP contribution in [0.3, 0.4) is 0 Å². The molecule has 0 amide bonds. The lowest BCUT2D eigenvalue weighted by Gasteiger charge is -2.16. The zero-order valence-electron chi connectivity index (χ0n) is 9.99. The molecular formula is C11H12F5NO3. The normalized spacial score (nSPS) is 13.4. The van der Waals surface area contributed by atoms with Crippen molar-refractivity contribution in [1.82, 2.24) is 0 Å². The Kier molecular flexibility index (Phi) is 5.52. The van der Waals surface area contributed by atoms with E-state index in [1.54, 1.807) is 0 Å². The molecule has 1 rings (SSSR count). The summed E-state index contributed by atoms with van der Waals surface area (Å²) >= 11 is 0. The molecule has 0 fully saturated rings. The Bertz CT molecular complexity index is 439. The average Bonchev–Trinajstić information content (AvgIpc) is 2.35. The Morgan fingerprint density at radius 1 is 1.25 bits per heavy atom. The maximum Gasteiger partial charge on any atom is 0.416 e. The van der Waals surface area contributed by atoms with Crippen LogP contribution >= 0.6 is 0 Å². The molecule has 1 aromatic rings. The van der Waals surface area contributed by atoms with E-state index in [-0.39, 0.29) is 12.2 Å². The van der Waals surface area contributed by atoms with E-state index in [0.29, 0.717) is 12.1 Å². The molecule has 1 atom stereocenters. The zero-order chi connectivity index (χ0) is 15.3. The highest BCUT2D eigenvalue weighted by molar-refractivity contribution is 5.58. The number of aliphatic hydroxyl groups is 2. The van der Waals surface area contributed by atoms with Gasteiger partial charge < -0.3 is 20.3 Å². The van der Waals surface area contributed by atoms with Gasteiger partial charge in [-0.15, -0.1) is 0 Å². The third-order valence-electron chi connectivity index (χ3n) is 2.26. The summed E-state index contributed by atoms with van der Waals surface area (Å²) in [5, 5.41) is 20.0. The van der Waals surface area contributed by atoms with Gasteiger partial charge in [0, 0.05) is 6.54 Å². The molecule has 20 heavy (non-hydrogen) atoms. The monoisotopic (exact) mass is 301 g/mol. The predicted octanol–water partition coefficient (Wildman–Crippen LogP) is 2.07. The van der Waals surface area contributed by atoms with Gasteiger partial charge in [-0.2, -0.15) is 22.0 Å². The van der Waals surface area contributed by atoms with Gasteiger partial charge in [0.15, 0.2) is 0 Å². The third-order valence-corrected chi connectivity index (χ3v) is 2.26. The maximum absolute atomic E-state index is 12.5. The molecule has 0 saturated heterocycles. The van der Waals surface area contributed by atoms with E-state index in [9.17, 15) is 22.0 Å². The Hall–Kier alpha value is -1.61. The Morgan fingerprint density at radius 3 is 2.40 bits per heavy atom. The van der Waals surface area contributed by atoms with E-state index in [1.807, 2.05) is 0 Å². The largest absolute Gasteiger partial charge is 0.433 e. The first-order valence-electron chi connectivity index (χ1n) is 5.43. The number of hydrogen-bond acceptors (Lipinski definition) is 4. The van der Waals surface area contributed by atoms with Crippen molar-refractivity contribution in [3.8, 4) is 5.75 Å². The average molecular weight is 301 g/mol. The number of aliphatic hydroxyl groups excluding tert-OH is 2. The first-order valence-corrected chi connectivity index (χ1v) is 5.43. The molecule has 1 unspecified atom stereocenters. The number of rotatable bonds is 6. The lowest BCUT2D eigenvalue weighted by atomic mass is 10.1. The second-order valence-corrected chi connectivity index (χ2v) is 3.80. The highest BCUT2D eigenvalue weighted by atomic mass is 19.4. The van der Waals surface area contributed by atoms with Crippen LogP contribution in [0.15, 0.2) is 18.2 Å². The first-order chi connectivity index (χ1) is 9.24. The third kappa shape index (κ3) is 4.82. The summed E-state index contributed by atoms with van der Waals surface area (Å²) in [7, 11) is 0. The Balaban J connectivity index is 3.00. The lowest BCUT2D eigenvalue weighted by Crippen LogP contribution is -2.23. The van der Waals surface area contributed by atoms with E-state index >= 15 is 0 Å². The van der Waals surface area contributed by atoms with Gasteiger partial charge in [0.25, 0.3) is 0 Å². The highest BCUT2D eigenvalue weighted by Gasteiger charge is 2.31. The van der Waals surface area contributed by atoms with Gasteiger partial charge >= 0.3 is 12.8 Å². The van der Waals surface area contributed by atoms with Crippen LogP contribution in [0.25, 0.3) is 0 Å². The number of ether oxygens (including phenoxy) is 1. The molecule has 3 N–H and O–H groups in total. The smallest absolute Gasteiger partial charge is 0.416 e. The summed E-state index contributed by atoms with van der Waals surface area (Å²) < 4.78 is 65.9. The predicted molar refractivity (Wildman–Crippen MR) is 59.7 cm³/mol. The van der Waals surface area contributed by atoms with Gasteiger partial charge in [0.2, 0.25) is 0 Å². The van der Waals surface area contributed by atoms with Gasteiger partial charge in [-0.1, -0.05) is 0 Å². The zero-order valence-corrected chi connectivity index (χ0v) is 9.99. The van der Waals surface area contributed by atoms with Crippen LogP contribution in [-0.4, -0.2) is 36.1 Å². The molecule has 0 aliphatic carbocycles. The van der Waals surface area contributed by atoms with E-state index in [4.69, 9.17) is 10.2 Å². The molecule has 1 aromatic carbocycles. The van der Waals surface area contributed by atoms with E-state index in [2.05, 4.69) is 10.1 Å². The van der Waals surface area contributed by atoms with E-state index in [1.165, 1.54) is 0 Å².